The predicted molar refractivity (Wildman–Crippen MR) is 89.9 cm³/mol. The van der Waals surface area contributed by atoms with E-state index in [2.05, 4.69) is 21.4 Å². The maximum atomic E-state index is 10.8. The summed E-state index contributed by atoms with van der Waals surface area (Å²) in [6.45, 7) is 0.491. The van der Waals surface area contributed by atoms with E-state index in [0.29, 0.717) is 24.4 Å². The van der Waals surface area contributed by atoms with Crippen LogP contribution < -0.4 is 11.1 Å². The average molecular weight is 312 g/mol. The number of H-pyrrole nitrogens is 1. The smallest absolute Gasteiger partial charge is 0.139 e. The summed E-state index contributed by atoms with van der Waals surface area (Å²) in [5.74, 6) is 1.90. The summed E-state index contributed by atoms with van der Waals surface area (Å²) < 4.78 is 0. The zero-order valence-electron chi connectivity index (χ0n) is 13.3. The highest BCUT2D eigenvalue weighted by Gasteiger charge is 2.54. The molecule has 4 fully saturated rings. The first-order valence-corrected chi connectivity index (χ1v) is 8.79. The van der Waals surface area contributed by atoms with Crippen molar-refractivity contribution in [3.05, 3.63) is 24.0 Å². The molecule has 5 heteroatoms. The number of nitrogens with one attached hydrogen (secondary N) is 2. The minimum atomic E-state index is -0.382. The number of nitrogens with two attached hydrogens (primary N) is 1. The molecule has 4 bridgehead atoms. The summed E-state index contributed by atoms with van der Waals surface area (Å²) in [5.41, 5.74) is 8.69. The van der Waals surface area contributed by atoms with Crippen molar-refractivity contribution in [2.75, 3.05) is 5.32 Å². The van der Waals surface area contributed by atoms with Gasteiger partial charge in [0.15, 0.2) is 0 Å². The van der Waals surface area contributed by atoms with Crippen LogP contribution in [0.3, 0.4) is 0 Å². The summed E-state index contributed by atoms with van der Waals surface area (Å²) in [4.78, 5) is 7.64. The Morgan fingerprint density at radius 1 is 1.30 bits per heavy atom. The van der Waals surface area contributed by atoms with Crippen LogP contribution in [0.4, 0.5) is 5.69 Å². The van der Waals surface area contributed by atoms with Gasteiger partial charge in [-0.2, -0.15) is 0 Å². The van der Waals surface area contributed by atoms with E-state index in [1.807, 2.05) is 12.4 Å². The van der Waals surface area contributed by atoms with Crippen molar-refractivity contribution in [3.8, 4) is 0 Å². The molecule has 0 aliphatic heterocycles. The lowest BCUT2D eigenvalue weighted by atomic mass is 9.52. The summed E-state index contributed by atoms with van der Waals surface area (Å²) in [6, 6.07) is 2.53. The Bertz CT molecular complexity index is 739. The van der Waals surface area contributed by atoms with Gasteiger partial charge in [-0.25, -0.2) is 4.98 Å². The third-order valence-corrected chi connectivity index (χ3v) is 6.44. The van der Waals surface area contributed by atoms with Gasteiger partial charge in [-0.1, -0.05) is 0 Å². The minimum absolute atomic E-state index is 0.382. The highest BCUT2D eigenvalue weighted by molar-refractivity contribution is 5.91. The molecule has 5 N–H and O–H groups in total. The lowest BCUT2D eigenvalue weighted by molar-refractivity contribution is -0.129. The Morgan fingerprint density at radius 3 is 2.78 bits per heavy atom. The highest BCUT2D eigenvalue weighted by atomic mass is 16.3. The van der Waals surface area contributed by atoms with Gasteiger partial charge in [0.05, 0.1) is 11.3 Å². The molecule has 2 heterocycles. The van der Waals surface area contributed by atoms with Crippen LogP contribution in [0.2, 0.25) is 0 Å². The molecule has 5 nitrogen and oxygen atoms in total. The van der Waals surface area contributed by atoms with E-state index in [0.717, 1.165) is 47.5 Å². The molecule has 122 valence electrons. The molecule has 0 amide bonds. The fraction of sp³-hybridized carbons (Fsp3) is 0.611. The lowest BCUT2D eigenvalue weighted by Gasteiger charge is -2.58. The Kier molecular flexibility index (Phi) is 2.83. The Hall–Kier alpha value is -1.59. The van der Waals surface area contributed by atoms with Gasteiger partial charge in [0.25, 0.3) is 0 Å². The number of hydrogen-bond acceptors (Lipinski definition) is 4. The Balaban J connectivity index is 1.52. The van der Waals surface area contributed by atoms with Crippen LogP contribution in [0, 0.1) is 17.8 Å². The van der Waals surface area contributed by atoms with E-state index in [9.17, 15) is 5.11 Å². The molecule has 0 spiro atoms. The number of hydrogen-bond donors (Lipinski definition) is 4. The fourth-order valence-corrected chi connectivity index (χ4v) is 5.76. The monoisotopic (exact) mass is 312 g/mol. The third-order valence-electron chi connectivity index (χ3n) is 6.44. The van der Waals surface area contributed by atoms with Gasteiger partial charge in [0.2, 0.25) is 0 Å². The molecule has 4 aliphatic carbocycles. The predicted octanol–water partition coefficient (Wildman–Crippen LogP) is 2.37. The summed E-state index contributed by atoms with van der Waals surface area (Å²) in [5, 5.41) is 15.7. The van der Waals surface area contributed by atoms with Crippen molar-refractivity contribution in [1.29, 1.82) is 0 Å². The molecule has 0 radical (unpaired) electrons. The molecule has 0 saturated heterocycles. The first-order chi connectivity index (χ1) is 11.1. The zero-order valence-corrected chi connectivity index (χ0v) is 13.3. The van der Waals surface area contributed by atoms with E-state index < -0.39 is 0 Å². The topological polar surface area (TPSA) is 87.0 Å². The molecule has 5 atom stereocenters. The molecule has 2 aromatic heterocycles. The van der Waals surface area contributed by atoms with Gasteiger partial charge in [-0.15, -0.1) is 0 Å². The number of rotatable bonds is 3. The molecule has 4 saturated carbocycles. The maximum Gasteiger partial charge on any atom is 0.139 e. The summed E-state index contributed by atoms with van der Waals surface area (Å²) >= 11 is 0. The molecule has 4 aliphatic rings. The van der Waals surface area contributed by atoms with Crippen LogP contribution in [0.1, 0.15) is 37.7 Å². The standard InChI is InChI=1S/C18H24N4O/c19-8-13-9-21-17-14(1-2-20-17)16(13)22-15-11-3-10-4-12(15)7-18(23,5-10)6-11/h1-2,9-12,15,23H,3-8,19H2,(H2,20,21,22)/t10?,11-,12+,15+,18-. The second-order valence-corrected chi connectivity index (χ2v) is 7.97. The minimum Gasteiger partial charge on any atom is -0.390 e. The van der Waals surface area contributed by atoms with Crippen molar-refractivity contribution in [1.82, 2.24) is 9.97 Å². The van der Waals surface area contributed by atoms with Crippen molar-refractivity contribution in [2.24, 2.45) is 23.5 Å². The summed E-state index contributed by atoms with van der Waals surface area (Å²) in [6.07, 6.45) is 9.27. The van der Waals surface area contributed by atoms with Gasteiger partial charge in [-0.05, 0) is 55.9 Å². The number of aromatic amines is 1. The summed E-state index contributed by atoms with van der Waals surface area (Å²) in [7, 11) is 0. The third kappa shape index (κ3) is 2.03. The zero-order chi connectivity index (χ0) is 15.6. The van der Waals surface area contributed by atoms with E-state index in [1.165, 1.54) is 12.8 Å². The molecule has 1 unspecified atom stereocenters. The lowest BCUT2D eigenvalue weighted by Crippen LogP contribution is -2.59. The van der Waals surface area contributed by atoms with Crippen LogP contribution in [0.15, 0.2) is 18.5 Å². The molecule has 6 rings (SSSR count). The van der Waals surface area contributed by atoms with Crippen LogP contribution in [0.25, 0.3) is 11.0 Å². The normalized spacial score (nSPS) is 38.3. The van der Waals surface area contributed by atoms with E-state index >= 15 is 0 Å². The SMILES string of the molecule is NCc1cnc2[nH]ccc2c1N[C@H]1[C@@H]2CC3C[C@H]1C[C@@](O)(C3)C2. The molecule has 2 aromatic rings. The van der Waals surface area contributed by atoms with Crippen molar-refractivity contribution in [2.45, 2.75) is 50.3 Å². The van der Waals surface area contributed by atoms with Crippen molar-refractivity contribution < 1.29 is 5.11 Å². The number of nitrogens with zero attached hydrogens (tertiary/aromatic N) is 1. The van der Waals surface area contributed by atoms with Gasteiger partial charge in [0.1, 0.15) is 5.65 Å². The van der Waals surface area contributed by atoms with Gasteiger partial charge in [-0.3, -0.25) is 0 Å². The maximum absolute atomic E-state index is 10.8. The number of anilines is 1. The first kappa shape index (κ1) is 13.8. The van der Waals surface area contributed by atoms with Gasteiger partial charge in [0, 0.05) is 35.9 Å². The van der Waals surface area contributed by atoms with Crippen molar-refractivity contribution >= 4 is 16.7 Å². The van der Waals surface area contributed by atoms with E-state index in [4.69, 9.17) is 5.73 Å². The van der Waals surface area contributed by atoms with E-state index in [1.54, 1.807) is 0 Å². The molecular formula is C18H24N4O. The van der Waals surface area contributed by atoms with Crippen LogP contribution in [0.5, 0.6) is 0 Å². The Morgan fingerprint density at radius 2 is 2.09 bits per heavy atom. The number of pyridine rings is 1. The average Bonchev–Trinajstić information content (AvgIpc) is 2.98. The first-order valence-electron chi connectivity index (χ1n) is 8.79. The van der Waals surface area contributed by atoms with Gasteiger partial charge >= 0.3 is 0 Å². The second-order valence-electron chi connectivity index (χ2n) is 7.97. The largest absolute Gasteiger partial charge is 0.390 e. The molecule has 0 aromatic carbocycles. The molecular weight excluding hydrogens is 288 g/mol. The Labute approximate surface area is 135 Å². The fourth-order valence-electron chi connectivity index (χ4n) is 5.76. The molecule has 23 heavy (non-hydrogen) atoms. The number of aromatic nitrogens is 2. The highest BCUT2D eigenvalue weighted by Crippen LogP contribution is 2.56. The quantitative estimate of drug-likeness (QED) is 0.701. The van der Waals surface area contributed by atoms with Crippen LogP contribution >= 0.6 is 0 Å². The van der Waals surface area contributed by atoms with Crippen molar-refractivity contribution in [3.63, 3.8) is 0 Å². The number of fused-ring (bicyclic) bond motifs is 1. The van der Waals surface area contributed by atoms with E-state index in [-0.39, 0.29) is 5.60 Å². The second kappa shape index (κ2) is 4.71. The number of aliphatic hydroxyl groups is 1. The van der Waals surface area contributed by atoms with Crippen LogP contribution in [-0.4, -0.2) is 26.7 Å². The van der Waals surface area contributed by atoms with Crippen LogP contribution in [-0.2, 0) is 6.54 Å². The van der Waals surface area contributed by atoms with Gasteiger partial charge < -0.3 is 21.1 Å².